The van der Waals surface area contributed by atoms with Gasteiger partial charge in [0.15, 0.2) is 0 Å². The van der Waals surface area contributed by atoms with Crippen molar-refractivity contribution in [3.63, 3.8) is 0 Å². The predicted molar refractivity (Wildman–Crippen MR) is 142 cm³/mol. The third-order valence-electron chi connectivity index (χ3n) is 6.15. The average molecular weight is 489 g/mol. The number of fused-ring (bicyclic) bond motifs is 4. The van der Waals surface area contributed by atoms with E-state index in [2.05, 4.69) is 71.1 Å². The zero-order valence-corrected chi connectivity index (χ0v) is 21.0. The van der Waals surface area contributed by atoms with Gasteiger partial charge in [0, 0.05) is 18.5 Å². The highest BCUT2D eigenvalue weighted by molar-refractivity contribution is 8.08. The molecule has 0 bridgehead atoms. The zero-order valence-electron chi connectivity index (χ0n) is 18.5. The minimum absolute atomic E-state index is 0.0881. The van der Waals surface area contributed by atoms with Crippen LogP contribution < -0.4 is 24.2 Å². The minimum Gasteiger partial charge on any atom is -0.337 e. The van der Waals surface area contributed by atoms with Gasteiger partial charge in [-0.05, 0) is 36.6 Å². The lowest BCUT2D eigenvalue weighted by Gasteiger charge is -2.11. The molecule has 1 aliphatic heterocycles. The number of thioether (sulfide) groups is 1. The van der Waals surface area contributed by atoms with Gasteiger partial charge in [0.25, 0.3) is 10.6 Å². The highest BCUT2D eigenvalue weighted by Crippen LogP contribution is 2.44. The fourth-order valence-corrected chi connectivity index (χ4v) is 8.09. The molecule has 5 aromatic rings. The molecular weight excluding hydrogens is 467 g/mol. The van der Waals surface area contributed by atoms with Crippen molar-refractivity contribution < 1.29 is 4.57 Å². The van der Waals surface area contributed by atoms with Gasteiger partial charge < -0.3 is 4.90 Å². The van der Waals surface area contributed by atoms with E-state index in [1.807, 2.05) is 30.7 Å². The Morgan fingerprint density at radius 2 is 1.79 bits per heavy atom. The van der Waals surface area contributed by atoms with E-state index in [-0.39, 0.29) is 5.56 Å². The number of para-hydroxylation sites is 1. The van der Waals surface area contributed by atoms with Crippen molar-refractivity contribution >= 4 is 72.2 Å². The summed E-state index contributed by atoms with van der Waals surface area (Å²) in [5.41, 5.74) is 2.48. The van der Waals surface area contributed by atoms with Crippen molar-refractivity contribution in [2.45, 2.75) is 18.4 Å². The molecule has 0 unspecified atom stereocenters. The summed E-state index contributed by atoms with van der Waals surface area (Å²) in [7, 11) is 4.16. The van der Waals surface area contributed by atoms with Crippen molar-refractivity contribution in [1.82, 2.24) is 4.57 Å². The summed E-state index contributed by atoms with van der Waals surface area (Å²) in [5, 5.41) is 4.65. The molecular formula is C26H22N3OS3+. The average Bonchev–Trinajstić information content (AvgIpc) is 3.45. The Hall–Kier alpha value is -2.87. The Kier molecular flexibility index (Phi) is 4.94. The molecule has 33 heavy (non-hydrogen) atoms. The molecule has 7 heteroatoms. The molecule has 0 aliphatic carbocycles. The van der Waals surface area contributed by atoms with Gasteiger partial charge in [-0.25, -0.2) is 0 Å². The number of rotatable bonds is 2. The van der Waals surface area contributed by atoms with Crippen LogP contribution in [0.25, 0.3) is 32.1 Å². The van der Waals surface area contributed by atoms with Crippen LogP contribution in [0.2, 0.25) is 0 Å². The van der Waals surface area contributed by atoms with E-state index in [1.54, 1.807) is 34.4 Å². The Labute approximate surface area is 203 Å². The summed E-state index contributed by atoms with van der Waals surface area (Å²) in [6, 6.07) is 21.2. The number of hydrogen-bond acceptors (Lipinski definition) is 5. The quantitative estimate of drug-likeness (QED) is 0.348. The Morgan fingerprint density at radius 1 is 1.00 bits per heavy atom. The monoisotopic (exact) mass is 488 g/mol. The summed E-state index contributed by atoms with van der Waals surface area (Å²) >= 11 is 5.04. The molecule has 0 amide bonds. The number of aromatic nitrogens is 2. The maximum Gasteiger partial charge on any atom is 0.271 e. The lowest BCUT2D eigenvalue weighted by molar-refractivity contribution is -0.641. The first-order valence-electron chi connectivity index (χ1n) is 10.8. The summed E-state index contributed by atoms with van der Waals surface area (Å²) < 4.78 is 7.20. The molecule has 0 radical (unpaired) electrons. The molecule has 3 aromatic carbocycles. The lowest BCUT2D eigenvalue weighted by Crippen LogP contribution is -2.34. The third kappa shape index (κ3) is 3.18. The molecule has 4 nitrogen and oxygen atoms in total. The highest BCUT2D eigenvalue weighted by Gasteiger charge is 2.24. The number of nitrogens with zero attached hydrogens (tertiary/aromatic N) is 3. The molecule has 0 saturated heterocycles. The molecule has 164 valence electrons. The highest BCUT2D eigenvalue weighted by atomic mass is 32.2. The summed E-state index contributed by atoms with van der Waals surface area (Å²) in [6.07, 6.45) is 2.17. The van der Waals surface area contributed by atoms with Gasteiger partial charge in [-0.2, -0.15) is 4.57 Å². The second-order valence-corrected chi connectivity index (χ2v) is 11.2. The molecule has 0 fully saturated rings. The van der Waals surface area contributed by atoms with Crippen LogP contribution in [0.5, 0.6) is 0 Å². The van der Waals surface area contributed by atoms with Crippen molar-refractivity contribution in [3.05, 3.63) is 85.2 Å². The van der Waals surface area contributed by atoms with Gasteiger partial charge in [-0.3, -0.25) is 9.36 Å². The van der Waals surface area contributed by atoms with Crippen LogP contribution in [-0.2, 0) is 13.6 Å². The zero-order chi connectivity index (χ0) is 22.7. The molecule has 0 N–H and O–H groups in total. The van der Waals surface area contributed by atoms with Crippen LogP contribution in [0.4, 0.5) is 5.69 Å². The summed E-state index contributed by atoms with van der Waals surface area (Å²) in [5.74, 6) is 0. The van der Waals surface area contributed by atoms with Gasteiger partial charge in [0.1, 0.15) is 26.0 Å². The maximum absolute atomic E-state index is 13.4. The standard InChI is InChI=1S/C26H22N3OS3/c1-4-29-22(33-24(25(29)30)26-27(2)18-11-7-8-12-19(18)32-26)15-21-28(3)23-17-10-6-5-9-16(17)13-14-20(23)31-21/h5-15H,4H2,1-3H3/q+1/b26-24-. The molecule has 0 saturated carbocycles. The second kappa shape index (κ2) is 7.87. The fraction of sp³-hybridized carbons (Fsp3) is 0.154. The number of anilines is 1. The predicted octanol–water partition coefficient (Wildman–Crippen LogP) is 4.26. The van der Waals surface area contributed by atoms with Crippen LogP contribution >= 0.6 is 34.4 Å². The maximum atomic E-state index is 13.4. The van der Waals surface area contributed by atoms with Gasteiger partial charge in [-0.15, -0.1) is 11.3 Å². The first-order chi connectivity index (χ1) is 16.1. The molecule has 2 aromatic heterocycles. The number of thiazole rings is 2. The van der Waals surface area contributed by atoms with Crippen LogP contribution in [0.3, 0.4) is 0 Å². The van der Waals surface area contributed by atoms with Crippen molar-refractivity contribution in [1.29, 1.82) is 0 Å². The molecule has 0 spiro atoms. The van der Waals surface area contributed by atoms with E-state index in [4.69, 9.17) is 0 Å². The van der Waals surface area contributed by atoms with Gasteiger partial charge >= 0.3 is 0 Å². The van der Waals surface area contributed by atoms with E-state index in [0.717, 1.165) is 24.9 Å². The first-order valence-corrected chi connectivity index (χ1v) is 13.3. The van der Waals surface area contributed by atoms with Crippen molar-refractivity contribution in [2.24, 2.45) is 7.05 Å². The van der Waals surface area contributed by atoms with E-state index in [0.29, 0.717) is 6.54 Å². The van der Waals surface area contributed by atoms with E-state index in [9.17, 15) is 4.79 Å². The van der Waals surface area contributed by atoms with Crippen LogP contribution in [0, 0.1) is 0 Å². The van der Waals surface area contributed by atoms with E-state index in [1.165, 1.54) is 25.9 Å². The Bertz CT molecular complexity index is 1740. The largest absolute Gasteiger partial charge is 0.337 e. The molecule has 1 aliphatic rings. The van der Waals surface area contributed by atoms with Crippen LogP contribution in [-0.4, -0.2) is 11.6 Å². The van der Waals surface area contributed by atoms with E-state index >= 15 is 0 Å². The van der Waals surface area contributed by atoms with E-state index < -0.39 is 0 Å². The van der Waals surface area contributed by atoms with Crippen molar-refractivity contribution in [2.75, 3.05) is 11.9 Å². The minimum atomic E-state index is 0.0881. The summed E-state index contributed by atoms with van der Waals surface area (Å²) in [4.78, 5) is 16.8. The smallest absolute Gasteiger partial charge is 0.271 e. The Morgan fingerprint density at radius 3 is 2.61 bits per heavy atom. The number of aryl methyl sites for hydroxylation is 1. The first kappa shape index (κ1) is 20.7. The summed E-state index contributed by atoms with van der Waals surface area (Å²) in [6.45, 7) is 2.69. The second-order valence-electron chi connectivity index (χ2n) is 8.03. The fourth-order valence-electron chi connectivity index (χ4n) is 4.46. The SMILES string of the molecule is CCn1c(=O)/c(=C2/Sc3ccccc3N2C)s/c1=C\c1sc2ccc3ccccc3c2[n+]1C. The van der Waals surface area contributed by atoms with Crippen LogP contribution in [0.15, 0.2) is 70.4 Å². The number of benzene rings is 3. The molecule has 3 heterocycles. The van der Waals surface area contributed by atoms with Gasteiger partial charge in [-0.1, -0.05) is 59.5 Å². The Balaban J connectivity index is 1.58. The van der Waals surface area contributed by atoms with Crippen LogP contribution in [0.1, 0.15) is 11.9 Å². The topological polar surface area (TPSA) is 29.1 Å². The van der Waals surface area contributed by atoms with Gasteiger partial charge in [0.2, 0.25) is 5.52 Å². The number of hydrogen-bond donors (Lipinski definition) is 0. The molecule has 0 atom stereocenters. The van der Waals surface area contributed by atoms with Gasteiger partial charge in [0.05, 0.1) is 17.1 Å². The molecule has 6 rings (SSSR count). The lowest BCUT2D eigenvalue weighted by atomic mass is 10.1. The van der Waals surface area contributed by atoms with Crippen molar-refractivity contribution in [3.8, 4) is 0 Å². The normalized spacial score (nSPS) is 15.7. The third-order valence-corrected chi connectivity index (χ3v) is 9.79.